The molecule has 0 fully saturated rings. The number of imidazole rings is 1. The Morgan fingerprint density at radius 3 is 2.52 bits per heavy atom. The Bertz CT molecular complexity index is 684. The molecule has 1 aromatic heterocycles. The zero-order valence-corrected chi connectivity index (χ0v) is 14.5. The number of nitrogens with zero attached hydrogens (tertiary/aromatic N) is 2. The van der Waals surface area contributed by atoms with Gasteiger partial charge in [0, 0.05) is 10.0 Å². The van der Waals surface area contributed by atoms with Gasteiger partial charge in [-0.15, -0.1) is 0 Å². The molecule has 0 saturated heterocycles. The molecule has 0 aliphatic heterocycles. The lowest BCUT2D eigenvalue weighted by atomic mass is 10.1. The molecule has 2 rings (SSSR count). The molecule has 4 nitrogen and oxygen atoms in total. The average molecular weight is 351 g/mol. The van der Waals surface area contributed by atoms with Crippen LogP contribution in [0.5, 0.6) is 0 Å². The van der Waals surface area contributed by atoms with E-state index in [0.29, 0.717) is 5.82 Å². The van der Waals surface area contributed by atoms with Gasteiger partial charge in [-0.05, 0) is 46.8 Å². The minimum atomic E-state index is -0.545. The van der Waals surface area contributed by atoms with Crippen LogP contribution in [-0.2, 0) is 4.74 Å². The molecule has 0 radical (unpaired) electrons. The number of hydrogen-bond donors (Lipinski definition) is 0. The molecule has 0 spiro atoms. The fourth-order valence-electron chi connectivity index (χ4n) is 2.17. The quantitative estimate of drug-likeness (QED) is 0.747. The van der Waals surface area contributed by atoms with Gasteiger partial charge in [-0.2, -0.15) is 0 Å². The SMILES string of the molecule is Cc1nc(C)n(C(=O)OC(C)(C)C)c1-c1cccc(Br)c1. The number of hydrogen-bond acceptors (Lipinski definition) is 3. The van der Waals surface area contributed by atoms with Gasteiger partial charge in [0.15, 0.2) is 0 Å². The van der Waals surface area contributed by atoms with Crippen LogP contribution in [0.1, 0.15) is 32.3 Å². The normalized spacial score (nSPS) is 11.5. The van der Waals surface area contributed by atoms with Crippen LogP contribution in [-0.4, -0.2) is 21.2 Å². The predicted octanol–water partition coefficient (Wildman–Crippen LogP) is 4.71. The van der Waals surface area contributed by atoms with Crippen molar-refractivity contribution < 1.29 is 9.53 Å². The zero-order valence-electron chi connectivity index (χ0n) is 12.9. The third-order valence-electron chi connectivity index (χ3n) is 2.89. The van der Waals surface area contributed by atoms with Crippen molar-refractivity contribution in [1.82, 2.24) is 9.55 Å². The first-order chi connectivity index (χ1) is 9.69. The van der Waals surface area contributed by atoms with Gasteiger partial charge in [0.25, 0.3) is 0 Å². The number of aryl methyl sites for hydroxylation is 2. The molecule has 2 aromatic rings. The number of carbonyl (C=O) groups is 1. The van der Waals surface area contributed by atoms with Crippen molar-refractivity contribution >= 4 is 22.0 Å². The van der Waals surface area contributed by atoms with Crippen LogP contribution in [0.15, 0.2) is 28.7 Å². The lowest BCUT2D eigenvalue weighted by molar-refractivity contribution is 0.0536. The number of halogens is 1. The molecule has 0 bridgehead atoms. The number of aromatic nitrogens is 2. The van der Waals surface area contributed by atoms with Crippen LogP contribution in [0.2, 0.25) is 0 Å². The van der Waals surface area contributed by atoms with Crippen molar-refractivity contribution in [1.29, 1.82) is 0 Å². The van der Waals surface area contributed by atoms with Gasteiger partial charge >= 0.3 is 6.09 Å². The van der Waals surface area contributed by atoms with Gasteiger partial charge in [0.1, 0.15) is 11.4 Å². The van der Waals surface area contributed by atoms with E-state index in [9.17, 15) is 4.79 Å². The molecule has 0 N–H and O–H groups in total. The molecular weight excluding hydrogens is 332 g/mol. The minimum Gasteiger partial charge on any atom is -0.443 e. The molecular formula is C16H19BrN2O2. The van der Waals surface area contributed by atoms with Crippen molar-refractivity contribution in [2.75, 3.05) is 0 Å². The van der Waals surface area contributed by atoms with E-state index in [4.69, 9.17) is 4.74 Å². The van der Waals surface area contributed by atoms with E-state index in [1.807, 2.05) is 52.0 Å². The molecule has 0 aliphatic rings. The first-order valence-electron chi connectivity index (χ1n) is 6.74. The molecule has 1 heterocycles. The molecule has 0 saturated carbocycles. The molecule has 0 amide bonds. The van der Waals surface area contributed by atoms with Crippen molar-refractivity contribution in [3.63, 3.8) is 0 Å². The fourth-order valence-corrected chi connectivity index (χ4v) is 2.57. The summed E-state index contributed by atoms with van der Waals surface area (Å²) in [7, 11) is 0. The van der Waals surface area contributed by atoms with Crippen LogP contribution in [0.4, 0.5) is 4.79 Å². The third-order valence-corrected chi connectivity index (χ3v) is 3.39. The van der Waals surface area contributed by atoms with Gasteiger partial charge in [-0.1, -0.05) is 28.1 Å². The third kappa shape index (κ3) is 3.53. The number of benzene rings is 1. The molecule has 112 valence electrons. The van der Waals surface area contributed by atoms with Gasteiger partial charge in [0.05, 0.1) is 11.4 Å². The highest BCUT2D eigenvalue weighted by Crippen LogP contribution is 2.28. The van der Waals surface area contributed by atoms with E-state index in [1.54, 1.807) is 6.92 Å². The first-order valence-corrected chi connectivity index (χ1v) is 7.53. The van der Waals surface area contributed by atoms with Crippen molar-refractivity contribution in [2.45, 2.75) is 40.2 Å². The Kier molecular flexibility index (Phi) is 4.23. The summed E-state index contributed by atoms with van der Waals surface area (Å²) >= 11 is 3.46. The van der Waals surface area contributed by atoms with Crippen LogP contribution >= 0.6 is 15.9 Å². The van der Waals surface area contributed by atoms with Crippen molar-refractivity contribution in [3.8, 4) is 11.3 Å². The molecule has 21 heavy (non-hydrogen) atoms. The van der Waals surface area contributed by atoms with E-state index >= 15 is 0 Å². The second-order valence-electron chi connectivity index (χ2n) is 5.92. The molecule has 1 aromatic carbocycles. The van der Waals surface area contributed by atoms with Crippen molar-refractivity contribution in [2.24, 2.45) is 0 Å². The second-order valence-corrected chi connectivity index (χ2v) is 6.83. The van der Waals surface area contributed by atoms with Crippen LogP contribution in [0, 0.1) is 13.8 Å². The first kappa shape index (κ1) is 15.8. The number of carbonyl (C=O) groups excluding carboxylic acids is 1. The molecule has 0 aliphatic carbocycles. The standard InChI is InChI=1S/C16H19BrN2O2/c1-10-14(12-7-6-8-13(17)9-12)19(11(2)18-10)15(20)21-16(3,4)5/h6-9H,1-5H3. The Balaban J connectivity index is 2.55. The Morgan fingerprint density at radius 1 is 1.29 bits per heavy atom. The molecule has 5 heteroatoms. The summed E-state index contributed by atoms with van der Waals surface area (Å²) in [6.45, 7) is 9.25. The maximum absolute atomic E-state index is 12.5. The maximum Gasteiger partial charge on any atom is 0.420 e. The highest BCUT2D eigenvalue weighted by atomic mass is 79.9. The summed E-state index contributed by atoms with van der Waals surface area (Å²) in [5.74, 6) is 0.622. The van der Waals surface area contributed by atoms with Gasteiger partial charge in [0.2, 0.25) is 0 Å². The maximum atomic E-state index is 12.5. The van der Waals surface area contributed by atoms with Crippen LogP contribution < -0.4 is 0 Å². The average Bonchev–Trinajstić information content (AvgIpc) is 2.62. The Morgan fingerprint density at radius 2 is 1.95 bits per heavy atom. The second kappa shape index (κ2) is 5.64. The Labute approximate surface area is 133 Å². The topological polar surface area (TPSA) is 44.1 Å². The summed E-state index contributed by atoms with van der Waals surface area (Å²) in [5, 5.41) is 0. The van der Waals surface area contributed by atoms with Crippen LogP contribution in [0.25, 0.3) is 11.3 Å². The summed E-state index contributed by atoms with van der Waals surface area (Å²) in [5.41, 5.74) is 1.95. The molecule has 0 atom stereocenters. The van der Waals surface area contributed by atoms with Gasteiger partial charge in [-0.25, -0.2) is 14.3 Å². The summed E-state index contributed by atoms with van der Waals surface area (Å²) in [6, 6.07) is 7.79. The van der Waals surface area contributed by atoms with E-state index < -0.39 is 11.7 Å². The summed E-state index contributed by atoms with van der Waals surface area (Å²) < 4.78 is 7.97. The predicted molar refractivity (Wildman–Crippen MR) is 86.5 cm³/mol. The number of ether oxygens (including phenoxy) is 1. The van der Waals surface area contributed by atoms with E-state index in [1.165, 1.54) is 4.57 Å². The lowest BCUT2D eigenvalue weighted by Gasteiger charge is -2.21. The highest BCUT2D eigenvalue weighted by molar-refractivity contribution is 9.10. The Hall–Kier alpha value is -1.62. The van der Waals surface area contributed by atoms with Crippen molar-refractivity contribution in [3.05, 3.63) is 40.3 Å². The van der Waals surface area contributed by atoms with Crippen LogP contribution in [0.3, 0.4) is 0 Å². The number of rotatable bonds is 1. The van der Waals surface area contributed by atoms with E-state index in [2.05, 4.69) is 20.9 Å². The summed E-state index contributed by atoms with van der Waals surface area (Å²) in [4.78, 5) is 16.9. The smallest absolute Gasteiger partial charge is 0.420 e. The molecule has 0 unspecified atom stereocenters. The zero-order chi connectivity index (χ0) is 15.8. The van der Waals surface area contributed by atoms with E-state index in [0.717, 1.165) is 21.4 Å². The minimum absolute atomic E-state index is 0.407. The lowest BCUT2D eigenvalue weighted by Crippen LogP contribution is -2.28. The van der Waals surface area contributed by atoms with Gasteiger partial charge < -0.3 is 4.74 Å². The largest absolute Gasteiger partial charge is 0.443 e. The monoisotopic (exact) mass is 350 g/mol. The highest BCUT2D eigenvalue weighted by Gasteiger charge is 2.24. The van der Waals surface area contributed by atoms with Gasteiger partial charge in [-0.3, -0.25) is 0 Å². The fraction of sp³-hybridized carbons (Fsp3) is 0.375. The summed E-state index contributed by atoms with van der Waals surface area (Å²) in [6.07, 6.45) is -0.407. The van der Waals surface area contributed by atoms with E-state index in [-0.39, 0.29) is 0 Å².